The van der Waals surface area contributed by atoms with E-state index in [1.54, 1.807) is 6.92 Å². The van der Waals surface area contributed by atoms with E-state index in [1.165, 1.54) is 30.5 Å². The minimum Gasteiger partial charge on any atom is -0.503 e. The molecule has 24 heavy (non-hydrogen) atoms. The fourth-order valence-corrected chi connectivity index (χ4v) is 2.10. The predicted octanol–water partition coefficient (Wildman–Crippen LogP) is 4.91. The summed E-state index contributed by atoms with van der Waals surface area (Å²) in [6.45, 7) is 2.09. The fraction of sp³-hybridized carbons (Fsp3) is 0.188. The average Bonchev–Trinajstić information content (AvgIpc) is 2.52. The molecule has 0 aromatic heterocycles. The molecule has 0 spiro atoms. The highest BCUT2D eigenvalue weighted by molar-refractivity contribution is 6.32. The van der Waals surface area contributed by atoms with E-state index in [9.17, 15) is 18.3 Å². The molecule has 0 bridgehead atoms. The van der Waals surface area contributed by atoms with Gasteiger partial charge in [0.15, 0.2) is 11.5 Å². The molecule has 0 amide bonds. The lowest BCUT2D eigenvalue weighted by Gasteiger charge is -2.09. The first-order valence-electron chi connectivity index (χ1n) is 6.93. The molecule has 2 aromatic rings. The van der Waals surface area contributed by atoms with Gasteiger partial charge in [0.05, 0.1) is 29.1 Å². The Hall–Kier alpha value is -2.41. The first-order valence-corrected chi connectivity index (χ1v) is 7.30. The number of anilines is 1. The number of aromatic hydroxyl groups is 1. The number of rotatable bonds is 5. The number of nitrogens with zero attached hydrogens (tertiary/aromatic N) is 1. The number of phenolic OH excluding ortho intramolecular Hbond substituents is 1. The molecular weight excluding hydrogens is 345 g/mol. The third-order valence-electron chi connectivity index (χ3n) is 2.95. The Morgan fingerprint density at radius 3 is 2.71 bits per heavy atom. The van der Waals surface area contributed by atoms with E-state index in [4.69, 9.17) is 16.3 Å². The van der Waals surface area contributed by atoms with Crippen molar-refractivity contribution in [2.75, 3.05) is 12.0 Å². The molecule has 0 unspecified atom stereocenters. The van der Waals surface area contributed by atoms with Crippen molar-refractivity contribution >= 4 is 23.5 Å². The van der Waals surface area contributed by atoms with Crippen LogP contribution in [0.4, 0.5) is 18.9 Å². The van der Waals surface area contributed by atoms with Crippen molar-refractivity contribution in [1.29, 1.82) is 0 Å². The normalized spacial score (nSPS) is 11.7. The van der Waals surface area contributed by atoms with Crippen LogP contribution in [0.1, 0.15) is 18.1 Å². The Balaban J connectivity index is 2.15. The number of halogens is 4. The number of alkyl halides is 3. The molecule has 2 rings (SSSR count). The van der Waals surface area contributed by atoms with Gasteiger partial charge in [0, 0.05) is 0 Å². The van der Waals surface area contributed by atoms with Gasteiger partial charge in [0.25, 0.3) is 0 Å². The van der Waals surface area contributed by atoms with E-state index < -0.39 is 11.7 Å². The highest BCUT2D eigenvalue weighted by Crippen LogP contribution is 2.35. The van der Waals surface area contributed by atoms with Crippen LogP contribution in [0, 0.1) is 0 Å². The summed E-state index contributed by atoms with van der Waals surface area (Å²) in [5.74, 6) is 0.0204. The van der Waals surface area contributed by atoms with Gasteiger partial charge < -0.3 is 9.84 Å². The maximum Gasteiger partial charge on any atom is 0.416 e. The van der Waals surface area contributed by atoms with Gasteiger partial charge in [0.2, 0.25) is 0 Å². The van der Waals surface area contributed by atoms with E-state index >= 15 is 0 Å². The maximum absolute atomic E-state index is 12.6. The van der Waals surface area contributed by atoms with Gasteiger partial charge in [-0.1, -0.05) is 17.7 Å². The Kier molecular flexibility index (Phi) is 5.56. The quantitative estimate of drug-likeness (QED) is 0.590. The topological polar surface area (TPSA) is 53.8 Å². The van der Waals surface area contributed by atoms with E-state index in [2.05, 4.69) is 10.5 Å². The van der Waals surface area contributed by atoms with Crippen LogP contribution in [-0.4, -0.2) is 17.9 Å². The zero-order valence-electron chi connectivity index (χ0n) is 12.6. The number of nitrogens with one attached hydrogen (secondary N) is 1. The Bertz CT molecular complexity index is 749. The molecule has 0 radical (unpaired) electrons. The summed E-state index contributed by atoms with van der Waals surface area (Å²) in [5, 5.41) is 13.7. The van der Waals surface area contributed by atoms with Crippen molar-refractivity contribution in [1.82, 2.24) is 0 Å². The number of benzene rings is 2. The summed E-state index contributed by atoms with van der Waals surface area (Å²) in [6.07, 6.45) is -3.06. The summed E-state index contributed by atoms with van der Waals surface area (Å²) in [7, 11) is 0. The highest BCUT2D eigenvalue weighted by Gasteiger charge is 2.30. The number of hydrogen-bond acceptors (Lipinski definition) is 4. The standard InChI is InChI=1S/C16H14ClF3N2O2/c1-2-24-14-7-10(6-13(17)15(14)23)9-21-22-12-5-3-4-11(8-12)16(18,19)20/h3-9,22-23H,2H2,1H3. The zero-order chi connectivity index (χ0) is 17.7. The van der Waals surface area contributed by atoms with Gasteiger partial charge >= 0.3 is 6.18 Å². The maximum atomic E-state index is 12.6. The van der Waals surface area contributed by atoms with Gasteiger partial charge in [-0.05, 0) is 42.8 Å². The lowest BCUT2D eigenvalue weighted by Crippen LogP contribution is -2.05. The summed E-state index contributed by atoms with van der Waals surface area (Å²) in [4.78, 5) is 0. The lowest BCUT2D eigenvalue weighted by molar-refractivity contribution is -0.137. The second-order valence-corrected chi connectivity index (χ2v) is 5.14. The molecule has 0 aliphatic rings. The molecule has 2 N–H and O–H groups in total. The molecule has 2 aromatic carbocycles. The highest BCUT2D eigenvalue weighted by atomic mass is 35.5. The van der Waals surface area contributed by atoms with Crippen LogP contribution in [0.25, 0.3) is 0 Å². The SMILES string of the molecule is CCOc1cc(C=NNc2cccc(C(F)(F)F)c2)cc(Cl)c1O. The van der Waals surface area contributed by atoms with Gasteiger partial charge in [-0.25, -0.2) is 0 Å². The molecule has 128 valence electrons. The molecule has 0 saturated heterocycles. The van der Waals surface area contributed by atoms with Crippen molar-refractivity contribution in [3.63, 3.8) is 0 Å². The minimum atomic E-state index is -4.42. The Morgan fingerprint density at radius 1 is 1.29 bits per heavy atom. The van der Waals surface area contributed by atoms with E-state index in [-0.39, 0.29) is 22.2 Å². The predicted molar refractivity (Wildman–Crippen MR) is 86.9 cm³/mol. The molecule has 0 atom stereocenters. The summed E-state index contributed by atoms with van der Waals surface area (Å²) >= 11 is 5.88. The molecule has 0 heterocycles. The first-order chi connectivity index (χ1) is 11.3. The third-order valence-corrected chi connectivity index (χ3v) is 3.24. The second kappa shape index (κ2) is 7.44. The van der Waals surface area contributed by atoms with Crippen LogP contribution in [0.15, 0.2) is 41.5 Å². The minimum absolute atomic E-state index is 0.0847. The molecule has 0 fully saturated rings. The fourth-order valence-electron chi connectivity index (χ4n) is 1.88. The van der Waals surface area contributed by atoms with Crippen molar-refractivity contribution in [3.05, 3.63) is 52.5 Å². The second-order valence-electron chi connectivity index (χ2n) is 4.73. The van der Waals surface area contributed by atoms with Crippen LogP contribution in [-0.2, 0) is 6.18 Å². The first kappa shape index (κ1) is 17.9. The Labute approximate surface area is 141 Å². The average molecular weight is 359 g/mol. The third kappa shape index (κ3) is 4.55. The van der Waals surface area contributed by atoms with Crippen molar-refractivity contribution in [2.24, 2.45) is 5.10 Å². The van der Waals surface area contributed by atoms with E-state index in [1.807, 2.05) is 0 Å². The summed E-state index contributed by atoms with van der Waals surface area (Å²) in [6, 6.07) is 7.64. The molecule has 0 aliphatic heterocycles. The van der Waals surface area contributed by atoms with E-state index in [0.717, 1.165) is 12.1 Å². The van der Waals surface area contributed by atoms with Gasteiger partial charge in [-0.15, -0.1) is 0 Å². The van der Waals surface area contributed by atoms with Crippen LogP contribution < -0.4 is 10.2 Å². The number of ether oxygens (including phenoxy) is 1. The van der Waals surface area contributed by atoms with Crippen LogP contribution in [0.5, 0.6) is 11.5 Å². The largest absolute Gasteiger partial charge is 0.503 e. The monoisotopic (exact) mass is 358 g/mol. The molecule has 8 heteroatoms. The van der Waals surface area contributed by atoms with Gasteiger partial charge in [-0.3, -0.25) is 5.43 Å². The van der Waals surface area contributed by atoms with Crippen molar-refractivity contribution in [2.45, 2.75) is 13.1 Å². The molecule has 4 nitrogen and oxygen atoms in total. The van der Waals surface area contributed by atoms with E-state index in [0.29, 0.717) is 12.2 Å². The zero-order valence-corrected chi connectivity index (χ0v) is 13.3. The number of phenols is 1. The van der Waals surface area contributed by atoms with Crippen LogP contribution >= 0.6 is 11.6 Å². The Morgan fingerprint density at radius 2 is 2.04 bits per heavy atom. The molecule has 0 aliphatic carbocycles. The molecule has 0 saturated carbocycles. The lowest BCUT2D eigenvalue weighted by atomic mass is 10.2. The molecular formula is C16H14ClF3N2O2. The van der Waals surface area contributed by atoms with Gasteiger partial charge in [-0.2, -0.15) is 18.3 Å². The van der Waals surface area contributed by atoms with Crippen molar-refractivity contribution < 1.29 is 23.0 Å². The van der Waals surface area contributed by atoms with Crippen LogP contribution in [0.3, 0.4) is 0 Å². The summed E-state index contributed by atoms with van der Waals surface area (Å²) < 4.78 is 43.1. The van der Waals surface area contributed by atoms with Crippen molar-refractivity contribution in [3.8, 4) is 11.5 Å². The van der Waals surface area contributed by atoms with Gasteiger partial charge in [0.1, 0.15) is 0 Å². The number of hydrazone groups is 1. The summed E-state index contributed by atoms with van der Waals surface area (Å²) in [5.41, 5.74) is 2.45. The number of hydrogen-bond donors (Lipinski definition) is 2. The van der Waals surface area contributed by atoms with Crippen LogP contribution in [0.2, 0.25) is 5.02 Å². The smallest absolute Gasteiger partial charge is 0.416 e.